The van der Waals surface area contributed by atoms with Crippen LogP contribution < -0.4 is 15.4 Å². The van der Waals surface area contributed by atoms with E-state index < -0.39 is 0 Å². The maximum atomic E-state index is 5.76. The molecule has 30 heavy (non-hydrogen) atoms. The molecule has 0 saturated carbocycles. The number of nitrogens with one attached hydrogen (secondary N) is 2. The van der Waals surface area contributed by atoms with Gasteiger partial charge in [0.25, 0.3) is 0 Å². The van der Waals surface area contributed by atoms with Crippen LogP contribution in [0.5, 0.6) is 5.75 Å². The highest BCUT2D eigenvalue weighted by atomic mass is 127. The quantitative estimate of drug-likeness (QED) is 0.165. The molecule has 0 aromatic heterocycles. The Labute approximate surface area is 198 Å². The number of halogens is 1. The van der Waals surface area contributed by atoms with Gasteiger partial charge in [0.1, 0.15) is 5.75 Å². The van der Waals surface area contributed by atoms with E-state index in [1.807, 2.05) is 18.2 Å². The van der Waals surface area contributed by atoms with Gasteiger partial charge in [-0.1, -0.05) is 12.1 Å². The van der Waals surface area contributed by atoms with Crippen LogP contribution in [0.25, 0.3) is 0 Å². The van der Waals surface area contributed by atoms with Gasteiger partial charge >= 0.3 is 0 Å². The van der Waals surface area contributed by atoms with Crippen LogP contribution in [-0.2, 0) is 20.8 Å². The number of guanidine groups is 1. The van der Waals surface area contributed by atoms with Gasteiger partial charge in [0.05, 0.1) is 25.9 Å². The first-order valence-corrected chi connectivity index (χ1v) is 10.7. The van der Waals surface area contributed by atoms with Crippen LogP contribution in [0.15, 0.2) is 29.3 Å². The van der Waals surface area contributed by atoms with E-state index >= 15 is 0 Å². The van der Waals surface area contributed by atoms with E-state index in [-0.39, 0.29) is 24.0 Å². The third kappa shape index (κ3) is 11.9. The van der Waals surface area contributed by atoms with Crippen molar-refractivity contribution in [3.05, 3.63) is 29.8 Å². The van der Waals surface area contributed by atoms with Crippen LogP contribution in [0.4, 0.5) is 0 Å². The lowest BCUT2D eigenvalue weighted by Crippen LogP contribution is -2.38. The molecule has 1 aliphatic heterocycles. The largest absolute Gasteiger partial charge is 0.493 e. The lowest BCUT2D eigenvalue weighted by molar-refractivity contribution is 0.0168. The first-order chi connectivity index (χ1) is 14.3. The van der Waals surface area contributed by atoms with Crippen molar-refractivity contribution in [2.75, 3.05) is 53.2 Å². The van der Waals surface area contributed by atoms with Gasteiger partial charge in [-0.25, -0.2) is 4.99 Å². The Morgan fingerprint density at radius 1 is 1.20 bits per heavy atom. The fraction of sp³-hybridized carbons (Fsp3) is 0.682. The molecule has 1 unspecified atom stereocenters. The van der Waals surface area contributed by atoms with E-state index in [0.29, 0.717) is 32.5 Å². The molecule has 0 aliphatic carbocycles. The van der Waals surface area contributed by atoms with Crippen LogP contribution in [0.2, 0.25) is 0 Å². The number of ether oxygens (including phenoxy) is 4. The first kappa shape index (κ1) is 26.9. The summed E-state index contributed by atoms with van der Waals surface area (Å²) >= 11 is 0. The van der Waals surface area contributed by atoms with Crippen molar-refractivity contribution in [1.82, 2.24) is 10.6 Å². The van der Waals surface area contributed by atoms with Gasteiger partial charge in [-0.3, -0.25) is 0 Å². The van der Waals surface area contributed by atoms with Gasteiger partial charge in [-0.15, -0.1) is 24.0 Å². The lowest BCUT2D eigenvalue weighted by atomic mass is 10.2. The Morgan fingerprint density at radius 2 is 2.10 bits per heavy atom. The van der Waals surface area contributed by atoms with Crippen molar-refractivity contribution in [3.8, 4) is 5.75 Å². The summed E-state index contributed by atoms with van der Waals surface area (Å²) in [6.45, 7) is 7.98. The molecule has 0 bridgehead atoms. The Kier molecular flexibility index (Phi) is 15.8. The summed E-state index contributed by atoms with van der Waals surface area (Å²) in [4.78, 5) is 4.67. The van der Waals surface area contributed by atoms with Crippen molar-refractivity contribution in [2.24, 2.45) is 4.99 Å². The molecule has 7 nitrogen and oxygen atoms in total. The zero-order chi connectivity index (χ0) is 20.6. The second-order valence-corrected chi connectivity index (χ2v) is 7.03. The number of hydrogen-bond donors (Lipinski definition) is 2. The number of hydrogen-bond acceptors (Lipinski definition) is 5. The molecule has 1 fully saturated rings. The molecule has 2 N–H and O–H groups in total. The third-order valence-electron chi connectivity index (χ3n) is 4.51. The third-order valence-corrected chi connectivity index (χ3v) is 4.51. The van der Waals surface area contributed by atoms with E-state index in [2.05, 4.69) is 28.6 Å². The zero-order valence-corrected chi connectivity index (χ0v) is 20.7. The summed E-state index contributed by atoms with van der Waals surface area (Å²) in [6, 6.07) is 8.08. The maximum Gasteiger partial charge on any atom is 0.191 e. The normalized spacial score (nSPS) is 16.2. The molecule has 1 aliphatic rings. The lowest BCUT2D eigenvalue weighted by Gasteiger charge is -2.13. The molecule has 1 heterocycles. The molecule has 8 heteroatoms. The maximum absolute atomic E-state index is 5.76. The molecular formula is C22H38IN3O4. The van der Waals surface area contributed by atoms with Crippen LogP contribution in [0.3, 0.4) is 0 Å². The van der Waals surface area contributed by atoms with E-state index in [4.69, 9.17) is 18.9 Å². The number of methoxy groups -OCH3 is 1. The summed E-state index contributed by atoms with van der Waals surface area (Å²) in [5.74, 6) is 1.69. The molecule has 172 valence electrons. The highest BCUT2D eigenvalue weighted by molar-refractivity contribution is 14.0. The van der Waals surface area contributed by atoms with Crippen LogP contribution in [0, 0.1) is 0 Å². The van der Waals surface area contributed by atoms with Gasteiger partial charge in [-0.2, -0.15) is 0 Å². The van der Waals surface area contributed by atoms with Crippen LogP contribution in [-0.4, -0.2) is 65.3 Å². The van der Waals surface area contributed by atoms with Crippen molar-refractivity contribution in [1.29, 1.82) is 0 Å². The minimum atomic E-state index is 0. The van der Waals surface area contributed by atoms with Gasteiger partial charge < -0.3 is 29.6 Å². The minimum absolute atomic E-state index is 0. The second-order valence-electron chi connectivity index (χ2n) is 7.03. The minimum Gasteiger partial charge on any atom is -0.493 e. The van der Waals surface area contributed by atoms with Crippen molar-refractivity contribution in [3.63, 3.8) is 0 Å². The molecular weight excluding hydrogens is 497 g/mol. The van der Waals surface area contributed by atoms with Crippen LogP contribution >= 0.6 is 24.0 Å². The fourth-order valence-corrected chi connectivity index (χ4v) is 3.01. The molecule has 1 atom stereocenters. The highest BCUT2D eigenvalue weighted by Gasteiger charge is 2.14. The first-order valence-electron chi connectivity index (χ1n) is 10.7. The topological polar surface area (TPSA) is 73.3 Å². The predicted octanol–water partition coefficient (Wildman–Crippen LogP) is 3.36. The molecule has 1 aromatic carbocycles. The Hall–Kier alpha value is -1.10. The standard InChI is InChI=1S/C22H37N3O4.HI/c1-3-23-22(24-11-6-13-27-18-21-10-5-14-29-21)25-17-19-8-4-9-20(16-19)28-15-7-12-26-2;/h4,8-9,16,21H,3,5-7,10-15,17-18H2,1-2H3,(H2,23,24,25);1H. The Morgan fingerprint density at radius 3 is 2.87 bits per heavy atom. The van der Waals surface area contributed by atoms with Gasteiger partial charge in [-0.05, 0) is 43.9 Å². The summed E-state index contributed by atoms with van der Waals surface area (Å²) in [6.07, 6.45) is 4.38. The van der Waals surface area contributed by atoms with Gasteiger partial charge in [0.15, 0.2) is 5.96 Å². The summed E-state index contributed by atoms with van der Waals surface area (Å²) in [7, 11) is 1.70. The van der Waals surface area contributed by atoms with Crippen molar-refractivity contribution in [2.45, 2.75) is 45.3 Å². The van der Waals surface area contributed by atoms with E-state index in [1.54, 1.807) is 7.11 Å². The smallest absolute Gasteiger partial charge is 0.191 e. The Balaban J connectivity index is 0.00000450. The summed E-state index contributed by atoms with van der Waals surface area (Å²) < 4.78 is 22.1. The summed E-state index contributed by atoms with van der Waals surface area (Å²) in [5, 5.41) is 6.65. The molecule has 2 rings (SSSR count). The number of nitrogens with zero attached hydrogens (tertiary/aromatic N) is 1. The highest BCUT2D eigenvalue weighted by Crippen LogP contribution is 2.14. The summed E-state index contributed by atoms with van der Waals surface area (Å²) in [5.41, 5.74) is 1.12. The van der Waals surface area contributed by atoms with Crippen LogP contribution in [0.1, 0.15) is 38.2 Å². The SMILES string of the molecule is CCNC(=NCc1cccc(OCCCOC)c1)NCCCOCC1CCCO1.I. The second kappa shape index (κ2) is 17.6. The van der Waals surface area contributed by atoms with Gasteiger partial charge in [0, 0.05) is 46.4 Å². The average Bonchev–Trinajstić information content (AvgIpc) is 3.26. The Bertz CT molecular complexity index is 583. The van der Waals surface area contributed by atoms with E-state index in [0.717, 1.165) is 69.3 Å². The molecule has 1 aromatic rings. The van der Waals surface area contributed by atoms with Crippen molar-refractivity contribution < 1.29 is 18.9 Å². The fourth-order valence-electron chi connectivity index (χ4n) is 3.01. The zero-order valence-electron chi connectivity index (χ0n) is 18.4. The van der Waals surface area contributed by atoms with Gasteiger partial charge in [0.2, 0.25) is 0 Å². The number of aliphatic imine (C=N–C) groups is 1. The average molecular weight is 535 g/mol. The van der Waals surface area contributed by atoms with Crippen molar-refractivity contribution >= 4 is 29.9 Å². The van der Waals surface area contributed by atoms with E-state index in [1.165, 1.54) is 0 Å². The molecule has 1 saturated heterocycles. The van der Waals surface area contributed by atoms with E-state index in [9.17, 15) is 0 Å². The monoisotopic (exact) mass is 535 g/mol. The number of rotatable bonds is 14. The number of benzene rings is 1. The molecule has 0 spiro atoms. The predicted molar refractivity (Wildman–Crippen MR) is 131 cm³/mol. The molecule has 0 amide bonds. The molecule has 0 radical (unpaired) electrons.